The van der Waals surface area contributed by atoms with Gasteiger partial charge in [0.2, 0.25) is 0 Å². The summed E-state index contributed by atoms with van der Waals surface area (Å²) in [6.45, 7) is 2.24. The number of methoxy groups -OCH3 is 2. The molecule has 0 aromatic heterocycles. The SMILES string of the molecule is COc1cc(OC)cc(C(O)C2CN(C)CCO2)c1. The van der Waals surface area contributed by atoms with Gasteiger partial charge in [-0.05, 0) is 24.7 Å². The van der Waals surface area contributed by atoms with Crippen LogP contribution >= 0.6 is 0 Å². The maximum Gasteiger partial charge on any atom is 0.122 e. The van der Waals surface area contributed by atoms with Crippen molar-refractivity contribution < 1.29 is 19.3 Å². The zero-order valence-corrected chi connectivity index (χ0v) is 11.6. The molecule has 2 rings (SSSR count). The number of benzene rings is 1. The van der Waals surface area contributed by atoms with Crippen molar-refractivity contribution in [3.05, 3.63) is 23.8 Å². The maximum absolute atomic E-state index is 10.4. The second kappa shape index (κ2) is 6.23. The summed E-state index contributed by atoms with van der Waals surface area (Å²) in [5, 5.41) is 10.4. The lowest BCUT2D eigenvalue weighted by molar-refractivity contribution is -0.0845. The molecule has 19 heavy (non-hydrogen) atoms. The Morgan fingerprint density at radius 1 is 1.26 bits per heavy atom. The minimum atomic E-state index is -0.688. The summed E-state index contributed by atoms with van der Waals surface area (Å²) in [4.78, 5) is 2.15. The van der Waals surface area contributed by atoms with Crippen molar-refractivity contribution in [3.63, 3.8) is 0 Å². The molecule has 1 aliphatic rings. The van der Waals surface area contributed by atoms with E-state index < -0.39 is 6.10 Å². The van der Waals surface area contributed by atoms with Gasteiger partial charge in [-0.2, -0.15) is 0 Å². The quantitative estimate of drug-likeness (QED) is 0.884. The van der Waals surface area contributed by atoms with Gasteiger partial charge in [-0.3, -0.25) is 0 Å². The Bertz CT molecular complexity index is 402. The number of hydrogen-bond acceptors (Lipinski definition) is 5. The van der Waals surface area contributed by atoms with Crippen LogP contribution in [-0.4, -0.2) is 57.1 Å². The summed E-state index contributed by atoms with van der Waals surface area (Å²) in [6, 6.07) is 5.40. The Hall–Kier alpha value is -1.30. The lowest BCUT2D eigenvalue weighted by Crippen LogP contribution is -2.42. The number of aliphatic hydroxyl groups is 1. The first-order chi connectivity index (χ1) is 9.13. The average molecular weight is 267 g/mol. The van der Waals surface area contributed by atoms with E-state index in [2.05, 4.69) is 4.90 Å². The van der Waals surface area contributed by atoms with Gasteiger partial charge in [-0.25, -0.2) is 0 Å². The van der Waals surface area contributed by atoms with Gasteiger partial charge in [-0.15, -0.1) is 0 Å². The summed E-state index contributed by atoms with van der Waals surface area (Å²) >= 11 is 0. The summed E-state index contributed by atoms with van der Waals surface area (Å²) < 4.78 is 16.1. The van der Waals surface area contributed by atoms with E-state index in [9.17, 15) is 5.11 Å². The molecule has 1 heterocycles. The summed E-state index contributed by atoms with van der Waals surface area (Å²) in [7, 11) is 5.21. The topological polar surface area (TPSA) is 51.2 Å². The molecule has 5 nitrogen and oxygen atoms in total. The van der Waals surface area contributed by atoms with E-state index in [0.717, 1.165) is 12.1 Å². The van der Waals surface area contributed by atoms with Gasteiger partial charge in [0.25, 0.3) is 0 Å². The van der Waals surface area contributed by atoms with Gasteiger partial charge in [0.05, 0.1) is 20.8 Å². The standard InChI is InChI=1S/C14H21NO4/c1-15-4-5-19-13(9-15)14(16)10-6-11(17-2)8-12(7-10)18-3/h6-8,13-14,16H,4-5,9H2,1-3H3. The second-order valence-corrected chi connectivity index (χ2v) is 4.76. The van der Waals surface area contributed by atoms with Crippen LogP contribution in [0.25, 0.3) is 0 Å². The monoisotopic (exact) mass is 267 g/mol. The van der Waals surface area contributed by atoms with E-state index in [1.54, 1.807) is 20.3 Å². The first-order valence-electron chi connectivity index (χ1n) is 6.35. The average Bonchev–Trinajstić information content (AvgIpc) is 2.45. The van der Waals surface area contributed by atoms with Crippen LogP contribution in [0, 0.1) is 0 Å². The molecular weight excluding hydrogens is 246 g/mol. The van der Waals surface area contributed by atoms with Crippen LogP contribution in [0.2, 0.25) is 0 Å². The molecule has 0 aliphatic carbocycles. The molecule has 0 amide bonds. The maximum atomic E-state index is 10.4. The van der Waals surface area contributed by atoms with Gasteiger partial charge in [0, 0.05) is 19.2 Å². The number of hydrogen-bond donors (Lipinski definition) is 1. The minimum absolute atomic E-state index is 0.226. The molecular formula is C14H21NO4. The zero-order chi connectivity index (χ0) is 13.8. The normalized spacial score (nSPS) is 22.0. The van der Waals surface area contributed by atoms with E-state index in [0.29, 0.717) is 24.7 Å². The molecule has 2 atom stereocenters. The molecule has 0 bridgehead atoms. The largest absolute Gasteiger partial charge is 0.497 e. The zero-order valence-electron chi connectivity index (χ0n) is 11.6. The highest BCUT2D eigenvalue weighted by Crippen LogP contribution is 2.29. The Balaban J connectivity index is 2.19. The van der Waals surface area contributed by atoms with Gasteiger partial charge < -0.3 is 24.2 Å². The lowest BCUT2D eigenvalue weighted by Gasteiger charge is -2.33. The first kappa shape index (κ1) is 14.1. The van der Waals surface area contributed by atoms with Gasteiger partial charge in [-0.1, -0.05) is 0 Å². The van der Waals surface area contributed by atoms with E-state index in [-0.39, 0.29) is 6.10 Å². The molecule has 0 saturated carbocycles. The number of aliphatic hydroxyl groups excluding tert-OH is 1. The lowest BCUT2D eigenvalue weighted by atomic mass is 10.0. The third-order valence-corrected chi connectivity index (χ3v) is 3.36. The van der Waals surface area contributed by atoms with Crippen molar-refractivity contribution in [2.24, 2.45) is 0 Å². The fourth-order valence-electron chi connectivity index (χ4n) is 2.22. The van der Waals surface area contributed by atoms with Gasteiger partial charge in [0.1, 0.15) is 23.7 Å². The van der Waals surface area contributed by atoms with Crippen LogP contribution in [0.1, 0.15) is 11.7 Å². The molecule has 5 heteroatoms. The molecule has 1 aromatic carbocycles. The van der Waals surface area contributed by atoms with Crippen molar-refractivity contribution in [1.29, 1.82) is 0 Å². The Morgan fingerprint density at radius 3 is 2.42 bits per heavy atom. The number of nitrogens with zero attached hydrogens (tertiary/aromatic N) is 1. The van der Waals surface area contributed by atoms with Crippen LogP contribution in [0.15, 0.2) is 18.2 Å². The molecule has 1 fully saturated rings. The highest BCUT2D eigenvalue weighted by molar-refractivity contribution is 5.39. The third kappa shape index (κ3) is 3.37. The number of rotatable bonds is 4. The van der Waals surface area contributed by atoms with E-state index in [1.165, 1.54) is 0 Å². The fourth-order valence-corrected chi connectivity index (χ4v) is 2.22. The Morgan fingerprint density at radius 2 is 1.89 bits per heavy atom. The molecule has 1 saturated heterocycles. The van der Waals surface area contributed by atoms with E-state index in [4.69, 9.17) is 14.2 Å². The molecule has 0 spiro atoms. The summed E-state index contributed by atoms with van der Waals surface area (Å²) in [5.74, 6) is 1.33. The molecule has 106 valence electrons. The highest BCUT2D eigenvalue weighted by atomic mass is 16.5. The van der Waals surface area contributed by atoms with Crippen LogP contribution in [0.4, 0.5) is 0 Å². The number of likely N-dealkylation sites (N-methyl/N-ethyl adjacent to an activating group) is 1. The molecule has 1 N–H and O–H groups in total. The summed E-state index contributed by atoms with van der Waals surface area (Å²) in [6.07, 6.45) is -0.915. The van der Waals surface area contributed by atoms with Crippen LogP contribution in [0.5, 0.6) is 11.5 Å². The summed E-state index contributed by atoms with van der Waals surface area (Å²) in [5.41, 5.74) is 0.747. The van der Waals surface area contributed by atoms with Gasteiger partial charge >= 0.3 is 0 Å². The van der Waals surface area contributed by atoms with Gasteiger partial charge in [0.15, 0.2) is 0 Å². The minimum Gasteiger partial charge on any atom is -0.497 e. The van der Waals surface area contributed by atoms with Crippen molar-refractivity contribution in [1.82, 2.24) is 4.90 Å². The van der Waals surface area contributed by atoms with E-state index in [1.807, 2.05) is 19.2 Å². The molecule has 0 radical (unpaired) electrons. The smallest absolute Gasteiger partial charge is 0.122 e. The van der Waals surface area contributed by atoms with Crippen molar-refractivity contribution in [2.45, 2.75) is 12.2 Å². The van der Waals surface area contributed by atoms with Crippen LogP contribution in [0.3, 0.4) is 0 Å². The Labute approximate surface area is 113 Å². The predicted octanol–water partition coefficient (Wildman–Crippen LogP) is 1.07. The fraction of sp³-hybridized carbons (Fsp3) is 0.571. The van der Waals surface area contributed by atoms with Crippen molar-refractivity contribution >= 4 is 0 Å². The number of ether oxygens (including phenoxy) is 3. The number of morpholine rings is 1. The first-order valence-corrected chi connectivity index (χ1v) is 6.35. The Kier molecular flexibility index (Phi) is 4.63. The molecule has 1 aliphatic heterocycles. The third-order valence-electron chi connectivity index (χ3n) is 3.36. The van der Waals surface area contributed by atoms with Crippen LogP contribution < -0.4 is 9.47 Å². The van der Waals surface area contributed by atoms with Crippen molar-refractivity contribution in [3.8, 4) is 11.5 Å². The van der Waals surface area contributed by atoms with Crippen LogP contribution in [-0.2, 0) is 4.74 Å². The predicted molar refractivity (Wildman–Crippen MR) is 71.7 cm³/mol. The molecule has 1 aromatic rings. The second-order valence-electron chi connectivity index (χ2n) is 4.76. The molecule has 2 unspecified atom stereocenters. The van der Waals surface area contributed by atoms with E-state index >= 15 is 0 Å². The van der Waals surface area contributed by atoms with Crippen molar-refractivity contribution in [2.75, 3.05) is 41.0 Å². The highest BCUT2D eigenvalue weighted by Gasteiger charge is 2.27.